The maximum absolute atomic E-state index is 6.18. The van der Waals surface area contributed by atoms with Crippen LogP contribution < -0.4 is 5.09 Å². The molecule has 0 fully saturated rings. The Kier molecular flexibility index (Phi) is 6.74. The van der Waals surface area contributed by atoms with Crippen LogP contribution in [0.2, 0.25) is 0 Å². The van der Waals surface area contributed by atoms with E-state index in [1.807, 2.05) is 41.9 Å². The number of hydrogen-bond donors (Lipinski definition) is 1. The van der Waals surface area contributed by atoms with Crippen LogP contribution in [0.4, 0.5) is 5.82 Å². The van der Waals surface area contributed by atoms with Crippen molar-refractivity contribution in [3.63, 3.8) is 0 Å². The first-order chi connectivity index (χ1) is 16.1. The van der Waals surface area contributed by atoms with Gasteiger partial charge in [-0.05, 0) is 42.0 Å². The summed E-state index contributed by atoms with van der Waals surface area (Å²) in [5, 5.41) is 9.50. The standard InChI is InChI=1S/C25H23N4PS3/c1-19-23-24(29(26-19)22-15-9-4-10-16-22)27-30(31,33-18-21-13-7-3-8-14-21)28-25(23)32-17-20-11-5-2-6-12-20/h2-16H,17-18H2,1H3,(H,27,28,31). The van der Waals surface area contributed by atoms with E-state index in [0.717, 1.165) is 39.3 Å². The number of nitrogens with zero attached hydrogens (tertiary/aromatic N) is 3. The first kappa shape index (κ1) is 22.5. The molecule has 1 atom stereocenters. The average molecular weight is 507 g/mol. The molecular formula is C25H23N4PS3. The Morgan fingerprint density at radius 3 is 2.06 bits per heavy atom. The molecule has 0 bridgehead atoms. The number of hydrogen-bond acceptors (Lipinski definition) is 4. The number of rotatable bonds is 6. The van der Waals surface area contributed by atoms with Crippen molar-refractivity contribution in [2.45, 2.75) is 18.4 Å². The molecule has 1 aliphatic rings. The normalized spacial score (nSPS) is 17.2. The van der Waals surface area contributed by atoms with Crippen molar-refractivity contribution in [2.75, 3.05) is 5.09 Å². The second kappa shape index (κ2) is 9.90. The summed E-state index contributed by atoms with van der Waals surface area (Å²) in [6.07, 6.45) is 0. The van der Waals surface area contributed by atoms with Gasteiger partial charge in [-0.3, -0.25) is 0 Å². The third-order valence-electron chi connectivity index (χ3n) is 5.21. The Bertz CT molecular complexity index is 1320. The Morgan fingerprint density at radius 2 is 1.42 bits per heavy atom. The lowest BCUT2D eigenvalue weighted by Crippen LogP contribution is -2.12. The van der Waals surface area contributed by atoms with E-state index in [2.05, 4.69) is 65.8 Å². The summed E-state index contributed by atoms with van der Waals surface area (Å²) in [5.74, 6) is 2.61. The Morgan fingerprint density at radius 1 is 0.848 bits per heavy atom. The smallest absolute Gasteiger partial charge is 0.198 e. The first-order valence-electron chi connectivity index (χ1n) is 10.6. The third kappa shape index (κ3) is 5.12. The van der Waals surface area contributed by atoms with Gasteiger partial charge in [0.15, 0.2) is 5.54 Å². The SMILES string of the molecule is Cc1nn(-c2ccccc2)c2c1C(SCc1ccccc1)=NP(=S)(SCc1ccccc1)N2. The average Bonchev–Trinajstić information content (AvgIpc) is 3.19. The number of aromatic nitrogens is 2. The molecule has 0 amide bonds. The van der Waals surface area contributed by atoms with Crippen LogP contribution in [0, 0.1) is 6.92 Å². The molecule has 166 valence electrons. The zero-order valence-electron chi connectivity index (χ0n) is 18.1. The van der Waals surface area contributed by atoms with Gasteiger partial charge in [-0.1, -0.05) is 90.2 Å². The van der Waals surface area contributed by atoms with Crippen LogP contribution in [0.15, 0.2) is 95.8 Å². The van der Waals surface area contributed by atoms with Gasteiger partial charge in [-0.2, -0.15) is 5.10 Å². The molecule has 33 heavy (non-hydrogen) atoms. The summed E-state index contributed by atoms with van der Waals surface area (Å²) < 4.78 is 7.14. The number of thioether (sulfide) groups is 1. The summed E-state index contributed by atoms with van der Waals surface area (Å²) in [5.41, 5.74) is 3.22. The molecule has 5 rings (SSSR count). The van der Waals surface area contributed by atoms with Crippen molar-refractivity contribution in [1.29, 1.82) is 0 Å². The van der Waals surface area contributed by atoms with Crippen molar-refractivity contribution in [1.82, 2.24) is 9.78 Å². The maximum atomic E-state index is 6.18. The van der Waals surface area contributed by atoms with E-state index in [9.17, 15) is 0 Å². The van der Waals surface area contributed by atoms with Crippen LogP contribution in [-0.4, -0.2) is 14.8 Å². The Hall–Kier alpha value is -2.31. The molecule has 8 heteroatoms. The van der Waals surface area contributed by atoms with Crippen LogP contribution in [0.3, 0.4) is 0 Å². The fourth-order valence-electron chi connectivity index (χ4n) is 3.60. The van der Waals surface area contributed by atoms with Crippen LogP contribution in [0.1, 0.15) is 22.4 Å². The van der Waals surface area contributed by atoms with Crippen molar-refractivity contribution >= 4 is 51.4 Å². The lowest BCUT2D eigenvalue weighted by Gasteiger charge is -2.26. The maximum Gasteiger partial charge on any atom is 0.198 e. The van der Waals surface area contributed by atoms with Crippen LogP contribution in [-0.2, 0) is 23.3 Å². The summed E-state index contributed by atoms with van der Waals surface area (Å²) in [4.78, 5) is 0. The predicted molar refractivity (Wildman–Crippen MR) is 148 cm³/mol. The van der Waals surface area contributed by atoms with E-state index in [-0.39, 0.29) is 0 Å². The van der Waals surface area contributed by atoms with Gasteiger partial charge in [0, 0.05) is 11.5 Å². The molecule has 4 nitrogen and oxygen atoms in total. The highest BCUT2D eigenvalue weighted by molar-refractivity contribution is 8.70. The third-order valence-corrected chi connectivity index (χ3v) is 11.6. The number of fused-ring (bicyclic) bond motifs is 1. The van der Waals surface area contributed by atoms with Crippen molar-refractivity contribution in [3.05, 3.63) is 113 Å². The quantitative estimate of drug-likeness (QED) is 0.275. The number of benzene rings is 3. The zero-order chi connectivity index (χ0) is 22.7. The van der Waals surface area contributed by atoms with E-state index >= 15 is 0 Å². The van der Waals surface area contributed by atoms with E-state index in [1.54, 1.807) is 23.1 Å². The number of anilines is 1. The molecule has 2 heterocycles. The van der Waals surface area contributed by atoms with Crippen molar-refractivity contribution in [2.24, 2.45) is 4.76 Å². The summed E-state index contributed by atoms with van der Waals surface area (Å²) in [6, 6.07) is 31.1. The lowest BCUT2D eigenvalue weighted by atomic mass is 10.2. The van der Waals surface area contributed by atoms with Crippen LogP contribution >= 0.6 is 28.7 Å². The minimum absolute atomic E-state index is 0.818. The number of aryl methyl sites for hydroxylation is 1. The molecule has 4 aromatic rings. The second-order valence-electron chi connectivity index (χ2n) is 7.63. The van der Waals surface area contributed by atoms with Gasteiger partial charge in [0.25, 0.3) is 0 Å². The molecule has 1 aliphatic heterocycles. The summed E-state index contributed by atoms with van der Waals surface area (Å²) in [6.45, 7) is 2.05. The second-order valence-corrected chi connectivity index (χ2v) is 15.2. The highest BCUT2D eigenvalue weighted by Gasteiger charge is 2.32. The highest BCUT2D eigenvalue weighted by Crippen LogP contribution is 2.64. The zero-order valence-corrected chi connectivity index (χ0v) is 21.4. The van der Waals surface area contributed by atoms with E-state index in [1.165, 1.54) is 11.1 Å². The van der Waals surface area contributed by atoms with Gasteiger partial charge < -0.3 is 5.09 Å². The van der Waals surface area contributed by atoms with Crippen LogP contribution in [0.25, 0.3) is 5.69 Å². The molecule has 3 aromatic carbocycles. The van der Waals surface area contributed by atoms with Gasteiger partial charge in [0.2, 0.25) is 0 Å². The molecule has 0 saturated carbocycles. The van der Waals surface area contributed by atoms with E-state index in [4.69, 9.17) is 21.7 Å². The Balaban J connectivity index is 1.51. The minimum atomic E-state index is -2.32. The Labute approximate surface area is 207 Å². The van der Waals surface area contributed by atoms with Gasteiger partial charge in [-0.25, -0.2) is 9.44 Å². The van der Waals surface area contributed by atoms with Gasteiger partial charge in [-0.15, -0.1) is 11.8 Å². The topological polar surface area (TPSA) is 42.2 Å². The van der Waals surface area contributed by atoms with Crippen molar-refractivity contribution in [3.8, 4) is 5.69 Å². The molecule has 0 spiro atoms. The van der Waals surface area contributed by atoms with Crippen molar-refractivity contribution < 1.29 is 0 Å². The first-order valence-corrected chi connectivity index (χ1v) is 15.9. The monoisotopic (exact) mass is 506 g/mol. The predicted octanol–water partition coefficient (Wildman–Crippen LogP) is 7.44. The van der Waals surface area contributed by atoms with Crippen LogP contribution in [0.5, 0.6) is 0 Å². The minimum Gasteiger partial charge on any atom is -0.317 e. The summed E-state index contributed by atoms with van der Waals surface area (Å²) in [7, 11) is 0. The molecular weight excluding hydrogens is 483 g/mol. The lowest BCUT2D eigenvalue weighted by molar-refractivity contribution is 0.872. The largest absolute Gasteiger partial charge is 0.317 e. The fraction of sp³-hybridized carbons (Fsp3) is 0.120. The molecule has 0 radical (unpaired) electrons. The number of nitrogens with one attached hydrogen (secondary N) is 1. The number of para-hydroxylation sites is 1. The molecule has 1 N–H and O–H groups in total. The van der Waals surface area contributed by atoms with E-state index < -0.39 is 5.54 Å². The van der Waals surface area contributed by atoms with E-state index in [0.29, 0.717) is 0 Å². The molecule has 1 unspecified atom stereocenters. The molecule has 0 aliphatic carbocycles. The van der Waals surface area contributed by atoms with Gasteiger partial charge >= 0.3 is 0 Å². The van der Waals surface area contributed by atoms with Gasteiger partial charge in [0.1, 0.15) is 10.9 Å². The highest BCUT2D eigenvalue weighted by atomic mass is 32.9. The molecule has 1 aromatic heterocycles. The summed E-state index contributed by atoms with van der Waals surface area (Å²) >= 11 is 9.65. The molecule has 0 saturated heterocycles. The van der Waals surface area contributed by atoms with Gasteiger partial charge in [0.05, 0.1) is 16.9 Å². The fourth-order valence-corrected chi connectivity index (χ4v) is 9.71.